The van der Waals surface area contributed by atoms with Crippen LogP contribution in [0, 0.1) is 17.8 Å². The van der Waals surface area contributed by atoms with E-state index in [1.54, 1.807) is 6.92 Å². The molecule has 4 nitrogen and oxygen atoms in total. The average Bonchev–Trinajstić information content (AvgIpc) is 2.48. The Morgan fingerprint density at radius 2 is 1.52 bits per heavy atom. The Bertz CT molecular complexity index is 321. The van der Waals surface area contributed by atoms with Gasteiger partial charge >= 0.3 is 11.9 Å². The second kappa shape index (κ2) is 15.6. The number of hydrogen-bond donors (Lipinski definition) is 1. The van der Waals surface area contributed by atoms with E-state index in [9.17, 15) is 9.59 Å². The number of carboxylic acid groups (broad SMARTS) is 1. The number of ether oxygens (including phenoxy) is 1. The Morgan fingerprint density at radius 1 is 1.00 bits per heavy atom. The van der Waals surface area contributed by atoms with Crippen LogP contribution in [0.3, 0.4) is 0 Å². The summed E-state index contributed by atoms with van der Waals surface area (Å²) in [5, 5.41) is 8.35. The molecule has 4 heteroatoms. The standard InChI is InChI=1S/C13H24O2.C6H12O2/c1-4-13(14)15-11-9-7-5-6-8-10-12(2)3;1-4(2)5(3)6(7)8/h4,12H,1,5-11H2,2-3H3;4-5H,1-3H3,(H,7,8). The molecule has 0 bridgehead atoms. The minimum Gasteiger partial charge on any atom is -0.481 e. The lowest BCUT2D eigenvalue weighted by Crippen LogP contribution is -2.15. The summed E-state index contributed by atoms with van der Waals surface area (Å²) in [5.41, 5.74) is 0. The highest BCUT2D eigenvalue weighted by Crippen LogP contribution is 2.10. The molecule has 1 unspecified atom stereocenters. The van der Waals surface area contributed by atoms with Crippen LogP contribution >= 0.6 is 0 Å². The predicted octanol–water partition coefficient (Wildman–Crippen LogP) is 5.08. The minimum atomic E-state index is -0.708. The zero-order valence-electron chi connectivity index (χ0n) is 15.6. The normalized spacial score (nSPS) is 11.6. The van der Waals surface area contributed by atoms with Crippen LogP contribution in [-0.4, -0.2) is 23.7 Å². The van der Waals surface area contributed by atoms with Crippen molar-refractivity contribution in [1.29, 1.82) is 0 Å². The third-order valence-electron chi connectivity index (χ3n) is 3.73. The molecule has 0 saturated heterocycles. The fourth-order valence-corrected chi connectivity index (χ4v) is 1.70. The summed E-state index contributed by atoms with van der Waals surface area (Å²) in [6.07, 6.45) is 8.54. The van der Waals surface area contributed by atoms with Gasteiger partial charge in [-0.05, 0) is 18.3 Å². The van der Waals surface area contributed by atoms with Crippen LogP contribution in [0.4, 0.5) is 0 Å². The number of aliphatic carboxylic acids is 1. The van der Waals surface area contributed by atoms with Gasteiger partial charge in [0.2, 0.25) is 0 Å². The van der Waals surface area contributed by atoms with Crippen LogP contribution in [0.15, 0.2) is 12.7 Å². The first kappa shape index (κ1) is 23.9. The summed E-state index contributed by atoms with van der Waals surface area (Å²) in [6.45, 7) is 13.9. The Hall–Kier alpha value is -1.32. The maximum absolute atomic E-state index is 10.7. The molecule has 1 N–H and O–H groups in total. The third kappa shape index (κ3) is 18.6. The van der Waals surface area contributed by atoms with Gasteiger partial charge in [0, 0.05) is 6.08 Å². The lowest BCUT2D eigenvalue weighted by Gasteiger charge is -2.07. The first-order valence-electron chi connectivity index (χ1n) is 8.74. The second-order valence-electron chi connectivity index (χ2n) is 6.69. The molecule has 0 saturated carbocycles. The molecule has 0 aromatic heterocycles. The number of unbranched alkanes of at least 4 members (excludes halogenated alkanes) is 4. The molecule has 0 aromatic rings. The van der Waals surface area contributed by atoms with Crippen LogP contribution in [0.2, 0.25) is 0 Å². The lowest BCUT2D eigenvalue weighted by molar-refractivity contribution is -0.142. The third-order valence-corrected chi connectivity index (χ3v) is 3.73. The Kier molecular flexibility index (Phi) is 16.2. The van der Waals surface area contributed by atoms with Crippen molar-refractivity contribution < 1.29 is 19.4 Å². The first-order chi connectivity index (χ1) is 10.7. The van der Waals surface area contributed by atoms with E-state index in [1.165, 1.54) is 31.8 Å². The highest BCUT2D eigenvalue weighted by molar-refractivity contribution is 5.81. The molecule has 0 aliphatic rings. The average molecular weight is 328 g/mol. The van der Waals surface area contributed by atoms with Crippen LogP contribution in [0.25, 0.3) is 0 Å². The number of rotatable bonds is 11. The SMILES string of the molecule is C=CC(=O)OCCCCCCCC(C)C.CC(C)C(C)C(=O)O. The highest BCUT2D eigenvalue weighted by Gasteiger charge is 2.13. The molecule has 1 atom stereocenters. The summed E-state index contributed by atoms with van der Waals surface area (Å²) in [4.78, 5) is 20.8. The number of hydrogen-bond acceptors (Lipinski definition) is 3. The first-order valence-corrected chi connectivity index (χ1v) is 8.74. The van der Waals surface area contributed by atoms with Crippen LogP contribution in [0.1, 0.15) is 73.1 Å². The Balaban J connectivity index is 0. The number of carbonyl (C=O) groups is 2. The molecule has 0 aromatic carbocycles. The van der Waals surface area contributed by atoms with Gasteiger partial charge in [-0.15, -0.1) is 0 Å². The van der Waals surface area contributed by atoms with Gasteiger partial charge in [-0.2, -0.15) is 0 Å². The van der Waals surface area contributed by atoms with E-state index in [0.717, 1.165) is 18.8 Å². The molecule has 0 rings (SSSR count). The van der Waals surface area contributed by atoms with Gasteiger partial charge in [-0.3, -0.25) is 4.79 Å². The second-order valence-corrected chi connectivity index (χ2v) is 6.69. The maximum atomic E-state index is 10.7. The Labute approximate surface area is 142 Å². The molecule has 0 heterocycles. The van der Waals surface area contributed by atoms with E-state index < -0.39 is 5.97 Å². The molecule has 0 spiro atoms. The van der Waals surface area contributed by atoms with Crippen molar-refractivity contribution in [2.24, 2.45) is 17.8 Å². The van der Waals surface area contributed by atoms with E-state index in [1.807, 2.05) is 13.8 Å². The fourth-order valence-electron chi connectivity index (χ4n) is 1.70. The molecule has 0 amide bonds. The van der Waals surface area contributed by atoms with E-state index >= 15 is 0 Å². The summed E-state index contributed by atoms with van der Waals surface area (Å²) in [5.74, 6) is -0.171. The van der Waals surface area contributed by atoms with Gasteiger partial charge in [-0.1, -0.05) is 73.3 Å². The van der Waals surface area contributed by atoms with Gasteiger partial charge in [0.1, 0.15) is 0 Å². The molecule has 0 fully saturated rings. The predicted molar refractivity (Wildman–Crippen MR) is 95.3 cm³/mol. The molecular weight excluding hydrogens is 292 g/mol. The van der Waals surface area contributed by atoms with E-state index in [2.05, 4.69) is 20.4 Å². The quantitative estimate of drug-likeness (QED) is 0.326. The molecular formula is C19H36O4. The smallest absolute Gasteiger partial charge is 0.330 e. The lowest BCUT2D eigenvalue weighted by atomic mass is 9.99. The van der Waals surface area contributed by atoms with E-state index in [4.69, 9.17) is 9.84 Å². The topological polar surface area (TPSA) is 63.6 Å². The van der Waals surface area contributed by atoms with Crippen molar-refractivity contribution in [3.05, 3.63) is 12.7 Å². The van der Waals surface area contributed by atoms with Crippen LogP contribution < -0.4 is 0 Å². The highest BCUT2D eigenvalue weighted by atomic mass is 16.5. The van der Waals surface area contributed by atoms with Crippen molar-refractivity contribution in [3.8, 4) is 0 Å². The van der Waals surface area contributed by atoms with Gasteiger partial charge < -0.3 is 9.84 Å². The fraction of sp³-hybridized carbons (Fsp3) is 0.789. The van der Waals surface area contributed by atoms with Crippen molar-refractivity contribution in [3.63, 3.8) is 0 Å². The summed E-state index contributed by atoms with van der Waals surface area (Å²) >= 11 is 0. The van der Waals surface area contributed by atoms with E-state index in [0.29, 0.717) is 6.61 Å². The van der Waals surface area contributed by atoms with Crippen LogP contribution in [0.5, 0.6) is 0 Å². The van der Waals surface area contributed by atoms with Crippen molar-refractivity contribution in [1.82, 2.24) is 0 Å². The summed E-state index contributed by atoms with van der Waals surface area (Å²) in [6, 6.07) is 0. The van der Waals surface area contributed by atoms with Crippen molar-refractivity contribution in [2.75, 3.05) is 6.61 Å². The molecule has 23 heavy (non-hydrogen) atoms. The van der Waals surface area contributed by atoms with Crippen molar-refractivity contribution >= 4 is 11.9 Å². The van der Waals surface area contributed by atoms with Crippen LogP contribution in [-0.2, 0) is 14.3 Å². The zero-order chi connectivity index (χ0) is 18.3. The molecule has 0 aliphatic heterocycles. The zero-order valence-corrected chi connectivity index (χ0v) is 15.6. The maximum Gasteiger partial charge on any atom is 0.330 e. The summed E-state index contributed by atoms with van der Waals surface area (Å²) in [7, 11) is 0. The molecule has 0 radical (unpaired) electrons. The van der Waals surface area contributed by atoms with Crippen molar-refractivity contribution in [2.45, 2.75) is 73.1 Å². The monoisotopic (exact) mass is 328 g/mol. The van der Waals surface area contributed by atoms with Gasteiger partial charge in [-0.25, -0.2) is 4.79 Å². The largest absolute Gasteiger partial charge is 0.481 e. The van der Waals surface area contributed by atoms with Gasteiger partial charge in [0.15, 0.2) is 0 Å². The molecule has 0 aliphatic carbocycles. The van der Waals surface area contributed by atoms with E-state index in [-0.39, 0.29) is 17.8 Å². The molecule has 136 valence electrons. The Morgan fingerprint density at radius 3 is 1.91 bits per heavy atom. The number of carboxylic acids is 1. The van der Waals surface area contributed by atoms with Gasteiger partial charge in [0.05, 0.1) is 12.5 Å². The minimum absolute atomic E-state index is 0.213. The number of carbonyl (C=O) groups excluding carboxylic acids is 1. The summed E-state index contributed by atoms with van der Waals surface area (Å²) < 4.78 is 4.88. The number of esters is 1. The van der Waals surface area contributed by atoms with Gasteiger partial charge in [0.25, 0.3) is 0 Å².